The number of fused-ring (bicyclic) bond motifs is 1. The van der Waals surface area contributed by atoms with Gasteiger partial charge in [0, 0.05) is 24.8 Å². The third kappa shape index (κ3) is 3.11. The molecule has 0 amide bonds. The quantitative estimate of drug-likeness (QED) is 0.820. The maximum Gasteiger partial charge on any atom is 0.231 e. The number of para-hydroxylation sites is 1. The SMILES string of the molecule is CCOCC(C)NCc1cccc2c1OCO2. The van der Waals surface area contributed by atoms with Gasteiger partial charge < -0.3 is 19.5 Å². The summed E-state index contributed by atoms with van der Waals surface area (Å²) in [5, 5.41) is 3.40. The molecule has 1 heterocycles. The van der Waals surface area contributed by atoms with E-state index in [-0.39, 0.29) is 0 Å². The van der Waals surface area contributed by atoms with Gasteiger partial charge in [0.2, 0.25) is 6.79 Å². The summed E-state index contributed by atoms with van der Waals surface area (Å²) in [4.78, 5) is 0. The van der Waals surface area contributed by atoms with Crippen molar-refractivity contribution in [2.24, 2.45) is 0 Å². The van der Waals surface area contributed by atoms with Gasteiger partial charge >= 0.3 is 0 Å². The van der Waals surface area contributed by atoms with Crippen LogP contribution in [0.5, 0.6) is 11.5 Å². The van der Waals surface area contributed by atoms with Gasteiger partial charge in [-0.05, 0) is 19.9 Å². The second kappa shape index (κ2) is 5.89. The van der Waals surface area contributed by atoms with Crippen molar-refractivity contribution in [2.75, 3.05) is 20.0 Å². The van der Waals surface area contributed by atoms with Crippen LogP contribution in [0.4, 0.5) is 0 Å². The Morgan fingerprint density at radius 1 is 1.41 bits per heavy atom. The van der Waals surface area contributed by atoms with Crippen LogP contribution >= 0.6 is 0 Å². The highest BCUT2D eigenvalue weighted by atomic mass is 16.7. The first kappa shape index (κ1) is 12.2. The van der Waals surface area contributed by atoms with Crippen molar-refractivity contribution in [1.29, 1.82) is 0 Å². The largest absolute Gasteiger partial charge is 0.454 e. The van der Waals surface area contributed by atoms with Crippen LogP contribution in [0.2, 0.25) is 0 Å². The highest BCUT2D eigenvalue weighted by Crippen LogP contribution is 2.35. The number of nitrogens with one attached hydrogen (secondary N) is 1. The molecular formula is C13H19NO3. The lowest BCUT2D eigenvalue weighted by Crippen LogP contribution is -2.30. The zero-order valence-electron chi connectivity index (χ0n) is 10.4. The van der Waals surface area contributed by atoms with Crippen LogP contribution in [-0.2, 0) is 11.3 Å². The Hall–Kier alpha value is -1.26. The lowest BCUT2D eigenvalue weighted by atomic mass is 10.2. The molecule has 0 saturated carbocycles. The predicted octanol–water partition coefficient (Wildman–Crippen LogP) is 1.93. The first-order chi connectivity index (χ1) is 8.31. The Morgan fingerprint density at radius 2 is 2.29 bits per heavy atom. The summed E-state index contributed by atoms with van der Waals surface area (Å²) in [6.07, 6.45) is 0. The molecule has 2 rings (SSSR count). The second-order valence-corrected chi connectivity index (χ2v) is 4.09. The van der Waals surface area contributed by atoms with E-state index < -0.39 is 0 Å². The third-order valence-electron chi connectivity index (χ3n) is 2.69. The van der Waals surface area contributed by atoms with Crippen LogP contribution in [0.1, 0.15) is 19.4 Å². The number of hydrogen-bond donors (Lipinski definition) is 1. The van der Waals surface area contributed by atoms with E-state index in [9.17, 15) is 0 Å². The number of hydrogen-bond acceptors (Lipinski definition) is 4. The molecular weight excluding hydrogens is 218 g/mol. The molecule has 1 aliphatic heterocycles. The summed E-state index contributed by atoms with van der Waals surface area (Å²) < 4.78 is 16.1. The van der Waals surface area contributed by atoms with Crippen molar-refractivity contribution in [3.63, 3.8) is 0 Å². The first-order valence-electron chi connectivity index (χ1n) is 6.00. The molecule has 0 bridgehead atoms. The van der Waals surface area contributed by atoms with Crippen molar-refractivity contribution < 1.29 is 14.2 Å². The fraction of sp³-hybridized carbons (Fsp3) is 0.538. The topological polar surface area (TPSA) is 39.7 Å². The molecule has 1 atom stereocenters. The molecule has 17 heavy (non-hydrogen) atoms. The van der Waals surface area contributed by atoms with Crippen LogP contribution in [0.25, 0.3) is 0 Å². The Kier molecular flexibility index (Phi) is 4.23. The van der Waals surface area contributed by atoms with Gasteiger partial charge in [-0.1, -0.05) is 12.1 Å². The molecule has 1 aliphatic rings. The van der Waals surface area contributed by atoms with Crippen molar-refractivity contribution in [3.8, 4) is 11.5 Å². The molecule has 0 spiro atoms. The molecule has 4 nitrogen and oxygen atoms in total. The van der Waals surface area contributed by atoms with Crippen LogP contribution in [0.15, 0.2) is 18.2 Å². The third-order valence-corrected chi connectivity index (χ3v) is 2.69. The molecule has 0 radical (unpaired) electrons. The van der Waals surface area contributed by atoms with Crippen molar-refractivity contribution in [3.05, 3.63) is 23.8 Å². The Morgan fingerprint density at radius 3 is 3.12 bits per heavy atom. The van der Waals surface area contributed by atoms with Crippen molar-refractivity contribution in [2.45, 2.75) is 26.4 Å². The average Bonchev–Trinajstić information content (AvgIpc) is 2.82. The van der Waals surface area contributed by atoms with Gasteiger partial charge in [0.1, 0.15) is 0 Å². The Labute approximate surface area is 102 Å². The van der Waals surface area contributed by atoms with Gasteiger partial charge in [0.15, 0.2) is 11.5 Å². The Bertz CT molecular complexity index is 368. The number of ether oxygens (including phenoxy) is 3. The zero-order chi connectivity index (χ0) is 12.1. The second-order valence-electron chi connectivity index (χ2n) is 4.09. The minimum absolute atomic E-state index is 0.320. The summed E-state index contributed by atoms with van der Waals surface area (Å²) in [7, 11) is 0. The summed E-state index contributed by atoms with van der Waals surface area (Å²) in [6, 6.07) is 6.29. The molecule has 4 heteroatoms. The predicted molar refractivity (Wildman–Crippen MR) is 65.4 cm³/mol. The van der Waals surface area contributed by atoms with E-state index in [1.165, 1.54) is 0 Å². The van der Waals surface area contributed by atoms with E-state index in [1.807, 2.05) is 25.1 Å². The van der Waals surface area contributed by atoms with Gasteiger partial charge in [-0.3, -0.25) is 0 Å². The summed E-state index contributed by atoms with van der Waals surface area (Å²) in [6.45, 7) is 6.67. The van der Waals surface area contributed by atoms with E-state index in [2.05, 4.69) is 12.2 Å². The maximum atomic E-state index is 5.45. The molecule has 1 unspecified atom stereocenters. The van der Waals surface area contributed by atoms with E-state index in [4.69, 9.17) is 14.2 Å². The molecule has 1 aromatic carbocycles. The maximum absolute atomic E-state index is 5.45. The van der Waals surface area contributed by atoms with Gasteiger partial charge in [-0.15, -0.1) is 0 Å². The average molecular weight is 237 g/mol. The van der Waals surface area contributed by atoms with Gasteiger partial charge in [-0.25, -0.2) is 0 Å². The van der Waals surface area contributed by atoms with Gasteiger partial charge in [0.25, 0.3) is 0 Å². The summed E-state index contributed by atoms with van der Waals surface area (Å²) in [5.74, 6) is 1.70. The van der Waals surface area contributed by atoms with Crippen LogP contribution in [0.3, 0.4) is 0 Å². The molecule has 0 aliphatic carbocycles. The molecule has 94 valence electrons. The molecule has 0 aromatic heterocycles. The van der Waals surface area contributed by atoms with Crippen LogP contribution in [-0.4, -0.2) is 26.0 Å². The van der Waals surface area contributed by atoms with Gasteiger partial charge in [-0.2, -0.15) is 0 Å². The van der Waals surface area contributed by atoms with Crippen molar-refractivity contribution in [1.82, 2.24) is 5.32 Å². The summed E-state index contributed by atoms with van der Waals surface area (Å²) >= 11 is 0. The first-order valence-corrected chi connectivity index (χ1v) is 6.00. The zero-order valence-corrected chi connectivity index (χ0v) is 10.4. The summed E-state index contributed by atoms with van der Waals surface area (Å²) in [5.41, 5.74) is 1.13. The van der Waals surface area contributed by atoms with E-state index in [0.29, 0.717) is 12.8 Å². The lowest BCUT2D eigenvalue weighted by Gasteiger charge is -2.14. The van der Waals surface area contributed by atoms with Crippen LogP contribution < -0.4 is 14.8 Å². The van der Waals surface area contributed by atoms with Gasteiger partial charge in [0.05, 0.1) is 6.61 Å². The normalized spacial score (nSPS) is 14.9. The van der Waals surface area contributed by atoms with E-state index >= 15 is 0 Å². The van der Waals surface area contributed by atoms with Crippen LogP contribution in [0, 0.1) is 0 Å². The lowest BCUT2D eigenvalue weighted by molar-refractivity contribution is 0.127. The minimum Gasteiger partial charge on any atom is -0.454 e. The molecule has 1 aromatic rings. The molecule has 1 N–H and O–H groups in total. The monoisotopic (exact) mass is 237 g/mol. The minimum atomic E-state index is 0.320. The fourth-order valence-corrected chi connectivity index (χ4v) is 1.77. The number of benzene rings is 1. The van der Waals surface area contributed by atoms with E-state index in [0.717, 1.165) is 36.8 Å². The Balaban J connectivity index is 1.89. The highest BCUT2D eigenvalue weighted by Gasteiger charge is 2.17. The smallest absolute Gasteiger partial charge is 0.231 e. The number of rotatable bonds is 6. The van der Waals surface area contributed by atoms with Crippen molar-refractivity contribution >= 4 is 0 Å². The standard InChI is InChI=1S/C13H19NO3/c1-3-15-8-10(2)14-7-11-5-4-6-12-13(11)17-9-16-12/h4-6,10,14H,3,7-9H2,1-2H3. The highest BCUT2D eigenvalue weighted by molar-refractivity contribution is 5.48. The molecule has 0 fully saturated rings. The van der Waals surface area contributed by atoms with E-state index in [1.54, 1.807) is 0 Å². The fourth-order valence-electron chi connectivity index (χ4n) is 1.77. The molecule has 0 saturated heterocycles.